The lowest BCUT2D eigenvalue weighted by Gasteiger charge is -2.23. The molecule has 2 N–H and O–H groups in total. The zero-order valence-electron chi connectivity index (χ0n) is 16.4. The molecule has 2 amide bonds. The molecule has 29 heavy (non-hydrogen) atoms. The highest BCUT2D eigenvalue weighted by atomic mass is 16.2. The number of carbonyl (C=O) groups is 2. The Labute approximate surface area is 169 Å². The molecular formula is C23H24N4O2. The fraction of sp³-hybridized carbons (Fsp3) is 0.261. The first-order valence-electron chi connectivity index (χ1n) is 9.84. The van der Waals surface area contributed by atoms with Crippen LogP contribution in [-0.2, 0) is 11.3 Å². The minimum absolute atomic E-state index is 0.0338. The van der Waals surface area contributed by atoms with Crippen molar-refractivity contribution < 1.29 is 9.59 Å². The van der Waals surface area contributed by atoms with E-state index in [2.05, 4.69) is 10.6 Å². The summed E-state index contributed by atoms with van der Waals surface area (Å²) < 4.78 is 1.81. The number of benzene rings is 2. The Morgan fingerprint density at radius 1 is 1.17 bits per heavy atom. The van der Waals surface area contributed by atoms with Crippen LogP contribution in [0, 0.1) is 6.92 Å². The van der Waals surface area contributed by atoms with E-state index < -0.39 is 0 Å². The third-order valence-corrected chi connectivity index (χ3v) is 5.12. The van der Waals surface area contributed by atoms with Gasteiger partial charge in [-0.1, -0.05) is 60.2 Å². The van der Waals surface area contributed by atoms with E-state index >= 15 is 0 Å². The minimum atomic E-state index is -0.166. The molecule has 6 nitrogen and oxygen atoms in total. The minimum Gasteiger partial charge on any atom is -0.354 e. The third kappa shape index (κ3) is 4.54. The van der Waals surface area contributed by atoms with Gasteiger partial charge in [-0.05, 0) is 18.9 Å². The molecule has 4 rings (SSSR count). The number of aryl methyl sites for hydroxylation is 1. The maximum atomic E-state index is 13.0. The molecule has 0 saturated carbocycles. The van der Waals surface area contributed by atoms with Crippen molar-refractivity contribution in [1.29, 1.82) is 0 Å². The monoisotopic (exact) mass is 388 g/mol. The summed E-state index contributed by atoms with van der Waals surface area (Å²) in [6.45, 7) is 3.08. The summed E-state index contributed by atoms with van der Waals surface area (Å²) in [5.74, 6) is -0.132. The maximum Gasteiger partial charge on any atom is 0.255 e. The Kier molecular flexibility index (Phi) is 5.42. The van der Waals surface area contributed by atoms with Crippen molar-refractivity contribution in [2.75, 3.05) is 6.54 Å². The van der Waals surface area contributed by atoms with Crippen LogP contribution in [0.5, 0.6) is 0 Å². The van der Waals surface area contributed by atoms with Crippen LogP contribution in [0.3, 0.4) is 0 Å². The molecule has 1 aliphatic rings. The molecule has 1 aliphatic heterocycles. The average molecular weight is 388 g/mol. The Hall–Kier alpha value is -3.41. The molecule has 0 unspecified atom stereocenters. The van der Waals surface area contributed by atoms with E-state index in [0.29, 0.717) is 37.2 Å². The SMILES string of the molecule is Cc1ccc(-c2nn(Cc3ccccc3)cc2C(=O)N[C@H]2CCC(=O)NC2)cc1. The number of nitrogens with one attached hydrogen (secondary N) is 2. The summed E-state index contributed by atoms with van der Waals surface area (Å²) in [5.41, 5.74) is 4.39. The molecule has 1 aromatic heterocycles. The van der Waals surface area contributed by atoms with Crippen molar-refractivity contribution in [2.24, 2.45) is 0 Å². The predicted octanol–water partition coefficient (Wildman–Crippen LogP) is 2.92. The Bertz CT molecular complexity index is 999. The second-order valence-corrected chi connectivity index (χ2v) is 7.45. The number of aromatic nitrogens is 2. The molecule has 6 heteroatoms. The van der Waals surface area contributed by atoms with E-state index in [-0.39, 0.29) is 17.9 Å². The van der Waals surface area contributed by atoms with Crippen LogP contribution in [0.1, 0.15) is 34.3 Å². The van der Waals surface area contributed by atoms with Crippen LogP contribution < -0.4 is 10.6 Å². The molecule has 0 radical (unpaired) electrons. The first kappa shape index (κ1) is 18.9. The quantitative estimate of drug-likeness (QED) is 0.706. The summed E-state index contributed by atoms with van der Waals surface area (Å²) in [4.78, 5) is 24.4. The summed E-state index contributed by atoms with van der Waals surface area (Å²) in [6.07, 6.45) is 2.89. The van der Waals surface area contributed by atoms with Gasteiger partial charge < -0.3 is 10.6 Å². The fourth-order valence-electron chi connectivity index (χ4n) is 3.48. The molecular weight excluding hydrogens is 364 g/mol. The topological polar surface area (TPSA) is 76.0 Å². The first-order valence-corrected chi connectivity index (χ1v) is 9.84. The van der Waals surface area contributed by atoms with E-state index in [0.717, 1.165) is 16.7 Å². The van der Waals surface area contributed by atoms with E-state index in [1.54, 1.807) is 6.20 Å². The van der Waals surface area contributed by atoms with Crippen molar-refractivity contribution in [1.82, 2.24) is 20.4 Å². The van der Waals surface area contributed by atoms with E-state index in [4.69, 9.17) is 5.10 Å². The van der Waals surface area contributed by atoms with E-state index in [9.17, 15) is 9.59 Å². The van der Waals surface area contributed by atoms with Gasteiger partial charge in [0, 0.05) is 30.8 Å². The van der Waals surface area contributed by atoms with Gasteiger partial charge in [0.2, 0.25) is 5.91 Å². The number of piperidine rings is 1. The molecule has 0 bridgehead atoms. The number of rotatable bonds is 5. The van der Waals surface area contributed by atoms with E-state index in [1.807, 2.05) is 66.2 Å². The van der Waals surface area contributed by atoms with Gasteiger partial charge in [-0.15, -0.1) is 0 Å². The molecule has 1 atom stereocenters. The largest absolute Gasteiger partial charge is 0.354 e. The highest BCUT2D eigenvalue weighted by Crippen LogP contribution is 2.23. The standard InChI is InChI=1S/C23H24N4O2/c1-16-7-9-18(10-8-16)22-20(23(29)25-19-11-12-21(28)24-13-19)15-27(26-22)14-17-5-3-2-4-6-17/h2-10,15,19H,11-14H2,1H3,(H,24,28)(H,25,29)/t19-/m0/s1. The van der Waals surface area contributed by atoms with Gasteiger partial charge in [0.15, 0.2) is 0 Å². The van der Waals surface area contributed by atoms with Gasteiger partial charge in [-0.25, -0.2) is 0 Å². The summed E-state index contributed by atoms with van der Waals surface area (Å²) in [5, 5.41) is 10.6. The average Bonchev–Trinajstić information content (AvgIpc) is 3.15. The van der Waals surface area contributed by atoms with Crippen molar-refractivity contribution in [2.45, 2.75) is 32.4 Å². The van der Waals surface area contributed by atoms with Gasteiger partial charge in [-0.2, -0.15) is 5.10 Å². The van der Waals surface area contributed by atoms with Crippen LogP contribution in [0.4, 0.5) is 0 Å². The lowest BCUT2D eigenvalue weighted by Crippen LogP contribution is -2.47. The number of carbonyl (C=O) groups excluding carboxylic acids is 2. The predicted molar refractivity (Wildman–Crippen MR) is 111 cm³/mol. The van der Waals surface area contributed by atoms with Crippen molar-refractivity contribution in [3.63, 3.8) is 0 Å². The van der Waals surface area contributed by atoms with Crippen LogP contribution in [-0.4, -0.2) is 34.2 Å². The van der Waals surface area contributed by atoms with Crippen LogP contribution in [0.15, 0.2) is 60.8 Å². The molecule has 1 saturated heterocycles. The molecule has 148 valence electrons. The summed E-state index contributed by atoms with van der Waals surface area (Å²) in [6, 6.07) is 18.0. The summed E-state index contributed by atoms with van der Waals surface area (Å²) in [7, 11) is 0. The molecule has 2 aromatic carbocycles. The fourth-order valence-corrected chi connectivity index (χ4v) is 3.48. The van der Waals surface area contributed by atoms with Gasteiger partial charge in [0.25, 0.3) is 5.91 Å². The Morgan fingerprint density at radius 3 is 2.62 bits per heavy atom. The Morgan fingerprint density at radius 2 is 1.93 bits per heavy atom. The van der Waals surface area contributed by atoms with Crippen molar-refractivity contribution in [3.05, 3.63) is 77.5 Å². The highest BCUT2D eigenvalue weighted by Gasteiger charge is 2.23. The van der Waals surface area contributed by atoms with Gasteiger partial charge in [0.05, 0.1) is 12.1 Å². The molecule has 0 aliphatic carbocycles. The van der Waals surface area contributed by atoms with Gasteiger partial charge in [-0.3, -0.25) is 14.3 Å². The van der Waals surface area contributed by atoms with Crippen molar-refractivity contribution >= 4 is 11.8 Å². The summed E-state index contributed by atoms with van der Waals surface area (Å²) >= 11 is 0. The lowest BCUT2D eigenvalue weighted by atomic mass is 10.0. The first-order chi connectivity index (χ1) is 14.1. The number of hydrogen-bond donors (Lipinski definition) is 2. The Balaban J connectivity index is 1.62. The van der Waals surface area contributed by atoms with Crippen LogP contribution in [0.2, 0.25) is 0 Å². The van der Waals surface area contributed by atoms with Crippen LogP contribution in [0.25, 0.3) is 11.3 Å². The lowest BCUT2D eigenvalue weighted by molar-refractivity contribution is -0.122. The number of hydrogen-bond acceptors (Lipinski definition) is 3. The zero-order chi connectivity index (χ0) is 20.2. The van der Waals surface area contributed by atoms with Gasteiger partial charge >= 0.3 is 0 Å². The second-order valence-electron chi connectivity index (χ2n) is 7.45. The maximum absolute atomic E-state index is 13.0. The van der Waals surface area contributed by atoms with Gasteiger partial charge in [0.1, 0.15) is 5.69 Å². The smallest absolute Gasteiger partial charge is 0.255 e. The highest BCUT2D eigenvalue weighted by molar-refractivity contribution is 6.00. The normalized spacial score (nSPS) is 16.3. The molecule has 1 fully saturated rings. The van der Waals surface area contributed by atoms with Crippen LogP contribution >= 0.6 is 0 Å². The molecule has 3 aromatic rings. The van der Waals surface area contributed by atoms with Crippen molar-refractivity contribution in [3.8, 4) is 11.3 Å². The molecule has 0 spiro atoms. The second kappa shape index (κ2) is 8.31. The third-order valence-electron chi connectivity index (χ3n) is 5.12. The van der Waals surface area contributed by atoms with E-state index in [1.165, 1.54) is 0 Å². The number of amides is 2. The number of nitrogens with zero attached hydrogens (tertiary/aromatic N) is 2. The zero-order valence-corrected chi connectivity index (χ0v) is 16.4. The molecule has 2 heterocycles.